The van der Waals surface area contributed by atoms with Crippen molar-refractivity contribution in [2.45, 2.75) is 31.1 Å². The number of carbonyl (C=O) groups is 1. The number of nitrogens with one attached hydrogen (secondary N) is 2. The molecule has 0 spiro atoms. The minimum Gasteiger partial charge on any atom is -0.381 e. The zero-order valence-corrected chi connectivity index (χ0v) is 11.3. The lowest BCUT2D eigenvalue weighted by atomic mass is 10.1. The smallest absolute Gasteiger partial charge is 0.239 e. The molecule has 20 heavy (non-hydrogen) atoms. The predicted octanol–water partition coefficient (Wildman–Crippen LogP) is 0.794. The van der Waals surface area contributed by atoms with E-state index in [4.69, 9.17) is 0 Å². The highest BCUT2D eigenvalue weighted by molar-refractivity contribution is 5.82. The van der Waals surface area contributed by atoms with Crippen molar-refractivity contribution in [3.05, 3.63) is 24.5 Å². The van der Waals surface area contributed by atoms with Crippen molar-refractivity contribution < 1.29 is 9.18 Å². The van der Waals surface area contributed by atoms with Crippen LogP contribution in [0.4, 0.5) is 10.1 Å². The number of pyridine rings is 1. The Balaban J connectivity index is 1.53. The molecule has 3 rings (SSSR count). The highest BCUT2D eigenvalue weighted by atomic mass is 19.1. The number of halogens is 1. The van der Waals surface area contributed by atoms with Crippen LogP contribution in [0.2, 0.25) is 0 Å². The first kappa shape index (κ1) is 13.3. The Hall–Kier alpha value is -1.69. The van der Waals surface area contributed by atoms with E-state index in [-0.39, 0.29) is 24.5 Å². The van der Waals surface area contributed by atoms with E-state index in [1.165, 1.54) is 0 Å². The normalized spacial score (nSPS) is 29.6. The SMILES string of the molecule is O=C([C@@H]1C[C@H](Nc2ccncc2)CN1)N1CCC(F)C1. The third-order valence-electron chi connectivity index (χ3n) is 3.92. The molecular weight excluding hydrogens is 259 g/mol. The summed E-state index contributed by atoms with van der Waals surface area (Å²) in [4.78, 5) is 17.9. The summed E-state index contributed by atoms with van der Waals surface area (Å²) in [5.74, 6) is 0.0316. The lowest BCUT2D eigenvalue weighted by Crippen LogP contribution is -2.42. The van der Waals surface area contributed by atoms with Crippen LogP contribution >= 0.6 is 0 Å². The minimum atomic E-state index is -0.855. The molecule has 0 aromatic carbocycles. The van der Waals surface area contributed by atoms with Gasteiger partial charge in [-0.3, -0.25) is 9.78 Å². The fourth-order valence-electron chi connectivity index (χ4n) is 2.86. The number of hydrogen-bond acceptors (Lipinski definition) is 4. The van der Waals surface area contributed by atoms with Gasteiger partial charge >= 0.3 is 0 Å². The molecule has 3 atom stereocenters. The van der Waals surface area contributed by atoms with Crippen LogP contribution in [0.15, 0.2) is 24.5 Å². The summed E-state index contributed by atoms with van der Waals surface area (Å²) in [7, 11) is 0. The van der Waals surface area contributed by atoms with Gasteiger partial charge in [-0.1, -0.05) is 0 Å². The van der Waals surface area contributed by atoms with E-state index in [0.29, 0.717) is 13.0 Å². The van der Waals surface area contributed by atoms with Gasteiger partial charge in [0.15, 0.2) is 0 Å². The van der Waals surface area contributed by atoms with Crippen LogP contribution in [-0.4, -0.2) is 53.7 Å². The van der Waals surface area contributed by atoms with Gasteiger partial charge in [0, 0.05) is 37.2 Å². The van der Waals surface area contributed by atoms with Gasteiger partial charge in [0.25, 0.3) is 0 Å². The van der Waals surface area contributed by atoms with Gasteiger partial charge in [-0.25, -0.2) is 4.39 Å². The standard InChI is InChI=1S/C14H19FN4O/c15-10-3-6-19(9-10)14(20)13-7-12(8-17-13)18-11-1-4-16-5-2-11/h1-2,4-5,10,12-13,17H,3,6-9H2,(H,16,18)/t10?,12-,13-/m0/s1. The van der Waals surface area contributed by atoms with Crippen LogP contribution < -0.4 is 10.6 Å². The molecule has 1 aromatic rings. The fourth-order valence-corrected chi connectivity index (χ4v) is 2.86. The average molecular weight is 278 g/mol. The molecule has 3 heterocycles. The Bertz CT molecular complexity index is 470. The first-order valence-electron chi connectivity index (χ1n) is 7.05. The molecule has 2 saturated heterocycles. The Labute approximate surface area is 117 Å². The number of alkyl halides is 1. The van der Waals surface area contributed by atoms with Gasteiger partial charge in [-0.05, 0) is 25.0 Å². The lowest BCUT2D eigenvalue weighted by Gasteiger charge is -2.20. The van der Waals surface area contributed by atoms with E-state index >= 15 is 0 Å². The van der Waals surface area contributed by atoms with Crippen LogP contribution in [0.5, 0.6) is 0 Å². The number of amides is 1. The predicted molar refractivity (Wildman–Crippen MR) is 74.1 cm³/mol. The third-order valence-corrected chi connectivity index (χ3v) is 3.92. The molecule has 2 fully saturated rings. The summed E-state index contributed by atoms with van der Waals surface area (Å²) in [6.45, 7) is 1.53. The maximum absolute atomic E-state index is 13.2. The second-order valence-corrected chi connectivity index (χ2v) is 5.44. The molecule has 0 bridgehead atoms. The van der Waals surface area contributed by atoms with Crippen molar-refractivity contribution >= 4 is 11.6 Å². The molecule has 2 aliphatic rings. The molecule has 6 heteroatoms. The van der Waals surface area contributed by atoms with E-state index in [2.05, 4.69) is 15.6 Å². The van der Waals surface area contributed by atoms with Gasteiger partial charge in [-0.2, -0.15) is 0 Å². The van der Waals surface area contributed by atoms with Gasteiger partial charge in [0.1, 0.15) is 6.17 Å². The summed E-state index contributed by atoms with van der Waals surface area (Å²) in [5, 5.41) is 6.60. The van der Waals surface area contributed by atoms with Crippen LogP contribution in [0, 0.1) is 0 Å². The monoisotopic (exact) mass is 278 g/mol. The average Bonchev–Trinajstić information content (AvgIpc) is 3.08. The van der Waals surface area contributed by atoms with Crippen molar-refractivity contribution in [3.8, 4) is 0 Å². The molecule has 108 valence electrons. The molecule has 1 unspecified atom stereocenters. The first-order valence-corrected chi connectivity index (χ1v) is 7.05. The number of rotatable bonds is 3. The van der Waals surface area contributed by atoms with Gasteiger partial charge < -0.3 is 15.5 Å². The fraction of sp³-hybridized carbons (Fsp3) is 0.571. The number of aromatic nitrogens is 1. The van der Waals surface area contributed by atoms with Crippen molar-refractivity contribution in [1.82, 2.24) is 15.2 Å². The second kappa shape index (κ2) is 5.75. The molecule has 1 amide bonds. The van der Waals surface area contributed by atoms with E-state index in [1.54, 1.807) is 17.3 Å². The Morgan fingerprint density at radius 3 is 2.95 bits per heavy atom. The first-order chi connectivity index (χ1) is 9.72. The number of anilines is 1. The Morgan fingerprint density at radius 2 is 2.25 bits per heavy atom. The summed E-state index contributed by atoms with van der Waals surface area (Å²) < 4.78 is 13.2. The van der Waals surface area contributed by atoms with Crippen molar-refractivity contribution in [2.24, 2.45) is 0 Å². The largest absolute Gasteiger partial charge is 0.381 e. The zero-order chi connectivity index (χ0) is 13.9. The summed E-state index contributed by atoms with van der Waals surface area (Å²) in [5.41, 5.74) is 1.00. The van der Waals surface area contributed by atoms with Gasteiger partial charge in [0.2, 0.25) is 5.91 Å². The molecule has 5 nitrogen and oxygen atoms in total. The molecule has 0 aliphatic carbocycles. The van der Waals surface area contributed by atoms with Crippen LogP contribution in [0.1, 0.15) is 12.8 Å². The van der Waals surface area contributed by atoms with E-state index < -0.39 is 6.17 Å². The highest BCUT2D eigenvalue weighted by Crippen LogP contribution is 2.18. The number of hydrogen-bond donors (Lipinski definition) is 2. The number of carbonyl (C=O) groups excluding carboxylic acids is 1. The third kappa shape index (κ3) is 2.90. The molecule has 2 N–H and O–H groups in total. The highest BCUT2D eigenvalue weighted by Gasteiger charge is 2.35. The van der Waals surface area contributed by atoms with Gasteiger partial charge in [-0.15, -0.1) is 0 Å². The molecule has 0 radical (unpaired) electrons. The molecule has 2 aliphatic heterocycles. The summed E-state index contributed by atoms with van der Waals surface area (Å²) in [6, 6.07) is 3.84. The molecule has 1 aromatic heterocycles. The van der Waals surface area contributed by atoms with Crippen LogP contribution in [0.3, 0.4) is 0 Å². The Morgan fingerprint density at radius 1 is 1.45 bits per heavy atom. The van der Waals surface area contributed by atoms with E-state index in [0.717, 1.165) is 18.7 Å². The second-order valence-electron chi connectivity index (χ2n) is 5.44. The zero-order valence-electron chi connectivity index (χ0n) is 11.3. The van der Waals surface area contributed by atoms with Crippen molar-refractivity contribution in [3.63, 3.8) is 0 Å². The molecule has 0 saturated carbocycles. The summed E-state index contributed by atoms with van der Waals surface area (Å²) >= 11 is 0. The van der Waals surface area contributed by atoms with Crippen molar-refractivity contribution in [2.75, 3.05) is 25.0 Å². The van der Waals surface area contributed by atoms with E-state index in [1.807, 2.05) is 12.1 Å². The molecular formula is C14H19FN4O. The van der Waals surface area contributed by atoms with Crippen LogP contribution in [-0.2, 0) is 4.79 Å². The Kier molecular flexibility index (Phi) is 3.82. The summed E-state index contributed by atoms with van der Waals surface area (Å²) in [6.07, 6.45) is 3.81. The quantitative estimate of drug-likeness (QED) is 0.858. The number of likely N-dealkylation sites (tertiary alicyclic amines) is 1. The number of nitrogens with zero attached hydrogens (tertiary/aromatic N) is 2. The van der Waals surface area contributed by atoms with Crippen molar-refractivity contribution in [1.29, 1.82) is 0 Å². The minimum absolute atomic E-state index is 0.0316. The van der Waals surface area contributed by atoms with Crippen LogP contribution in [0.25, 0.3) is 0 Å². The maximum Gasteiger partial charge on any atom is 0.239 e. The lowest BCUT2D eigenvalue weighted by molar-refractivity contribution is -0.132. The van der Waals surface area contributed by atoms with Gasteiger partial charge in [0.05, 0.1) is 12.6 Å². The maximum atomic E-state index is 13.2. The van der Waals surface area contributed by atoms with E-state index in [9.17, 15) is 9.18 Å². The topological polar surface area (TPSA) is 57.3 Å².